The van der Waals surface area contributed by atoms with Crippen LogP contribution in [-0.4, -0.2) is 6.61 Å². The molecule has 83 valence electrons. The molecule has 0 bridgehead atoms. The van der Waals surface area contributed by atoms with Crippen molar-refractivity contribution in [1.82, 2.24) is 0 Å². The van der Waals surface area contributed by atoms with Crippen molar-refractivity contribution in [3.05, 3.63) is 30.1 Å². The third-order valence-electron chi connectivity index (χ3n) is 2.28. The lowest BCUT2D eigenvalue weighted by Gasteiger charge is -2.06. The SMILES string of the molecule is CCCCCCCOc1c[c]ccc1F. The number of halogens is 1. The van der Waals surface area contributed by atoms with E-state index in [9.17, 15) is 4.39 Å². The summed E-state index contributed by atoms with van der Waals surface area (Å²) in [6.07, 6.45) is 5.90. The summed E-state index contributed by atoms with van der Waals surface area (Å²) in [6, 6.07) is 7.25. The van der Waals surface area contributed by atoms with Gasteiger partial charge in [0.05, 0.1) is 6.61 Å². The highest BCUT2D eigenvalue weighted by atomic mass is 19.1. The Kier molecular flexibility index (Phi) is 5.83. The minimum Gasteiger partial charge on any atom is -0.490 e. The van der Waals surface area contributed by atoms with Crippen LogP contribution >= 0.6 is 0 Å². The maximum Gasteiger partial charge on any atom is 0.165 e. The second-order valence-electron chi connectivity index (χ2n) is 3.62. The van der Waals surface area contributed by atoms with Gasteiger partial charge in [-0.3, -0.25) is 0 Å². The molecule has 1 radical (unpaired) electrons. The van der Waals surface area contributed by atoms with Crippen LogP contribution in [0.2, 0.25) is 0 Å². The number of rotatable bonds is 7. The van der Waals surface area contributed by atoms with Gasteiger partial charge >= 0.3 is 0 Å². The van der Waals surface area contributed by atoms with Crippen molar-refractivity contribution in [3.63, 3.8) is 0 Å². The van der Waals surface area contributed by atoms with Crippen molar-refractivity contribution in [2.75, 3.05) is 6.61 Å². The summed E-state index contributed by atoms with van der Waals surface area (Å²) in [5.41, 5.74) is 0. The van der Waals surface area contributed by atoms with E-state index in [0.29, 0.717) is 12.4 Å². The molecule has 1 rings (SSSR count). The summed E-state index contributed by atoms with van der Waals surface area (Å²) < 4.78 is 18.4. The van der Waals surface area contributed by atoms with Crippen LogP contribution in [0.4, 0.5) is 4.39 Å². The smallest absolute Gasteiger partial charge is 0.165 e. The van der Waals surface area contributed by atoms with Gasteiger partial charge in [-0.15, -0.1) is 0 Å². The average molecular weight is 209 g/mol. The van der Waals surface area contributed by atoms with E-state index in [2.05, 4.69) is 13.0 Å². The van der Waals surface area contributed by atoms with Crippen molar-refractivity contribution in [2.45, 2.75) is 39.0 Å². The van der Waals surface area contributed by atoms with Gasteiger partial charge in [-0.05, 0) is 24.6 Å². The Hall–Kier alpha value is -1.05. The molecule has 2 heteroatoms. The first-order valence-electron chi connectivity index (χ1n) is 5.63. The van der Waals surface area contributed by atoms with E-state index in [0.717, 1.165) is 12.8 Å². The molecule has 0 atom stereocenters. The first-order chi connectivity index (χ1) is 7.34. The van der Waals surface area contributed by atoms with Crippen molar-refractivity contribution in [2.24, 2.45) is 0 Å². The van der Waals surface area contributed by atoms with Crippen LogP contribution < -0.4 is 4.74 Å². The Balaban J connectivity index is 2.12. The lowest BCUT2D eigenvalue weighted by Crippen LogP contribution is -1.98. The van der Waals surface area contributed by atoms with Crippen LogP contribution in [0.25, 0.3) is 0 Å². The molecular weight excluding hydrogens is 191 g/mol. The molecule has 0 spiro atoms. The number of ether oxygens (including phenoxy) is 1. The molecule has 0 aliphatic heterocycles. The second kappa shape index (κ2) is 7.27. The zero-order valence-electron chi connectivity index (χ0n) is 9.26. The van der Waals surface area contributed by atoms with Crippen molar-refractivity contribution < 1.29 is 9.13 Å². The molecule has 1 nitrogen and oxygen atoms in total. The molecule has 0 saturated carbocycles. The lowest BCUT2D eigenvalue weighted by atomic mass is 10.2. The minimum absolute atomic E-state index is 0.303. The van der Waals surface area contributed by atoms with Crippen LogP contribution in [0.1, 0.15) is 39.0 Å². The van der Waals surface area contributed by atoms with Gasteiger partial charge < -0.3 is 4.74 Å². The Morgan fingerprint density at radius 1 is 1.27 bits per heavy atom. The fourth-order valence-electron chi connectivity index (χ4n) is 1.39. The zero-order valence-corrected chi connectivity index (χ0v) is 9.26. The molecule has 0 fully saturated rings. The standard InChI is InChI=1S/C13H18FO/c1-2-3-4-5-8-11-15-13-10-7-6-9-12(13)14/h6,9-10H,2-5,8,11H2,1H3. The first-order valence-corrected chi connectivity index (χ1v) is 5.63. The highest BCUT2D eigenvalue weighted by Gasteiger charge is 2.00. The number of unbranched alkanes of at least 4 members (excludes halogenated alkanes) is 4. The van der Waals surface area contributed by atoms with Crippen LogP contribution in [0.15, 0.2) is 18.2 Å². The zero-order chi connectivity index (χ0) is 10.9. The second-order valence-corrected chi connectivity index (χ2v) is 3.62. The molecule has 1 aromatic rings. The third-order valence-corrected chi connectivity index (χ3v) is 2.28. The predicted molar refractivity (Wildman–Crippen MR) is 59.5 cm³/mol. The van der Waals surface area contributed by atoms with Crippen molar-refractivity contribution in [1.29, 1.82) is 0 Å². The van der Waals surface area contributed by atoms with E-state index in [-0.39, 0.29) is 5.82 Å². The van der Waals surface area contributed by atoms with E-state index in [1.807, 2.05) is 0 Å². The monoisotopic (exact) mass is 209 g/mol. The molecule has 1 aromatic carbocycles. The number of hydrogen-bond donors (Lipinski definition) is 0. The summed E-state index contributed by atoms with van der Waals surface area (Å²) in [7, 11) is 0. The third kappa shape index (κ3) is 4.82. The highest BCUT2D eigenvalue weighted by Crippen LogP contribution is 2.15. The van der Waals surface area contributed by atoms with Crippen LogP contribution in [0.3, 0.4) is 0 Å². The summed E-state index contributed by atoms with van der Waals surface area (Å²) in [5.74, 6) is 0.00954. The van der Waals surface area contributed by atoms with E-state index < -0.39 is 0 Å². The molecule has 0 aliphatic carbocycles. The van der Waals surface area contributed by atoms with Crippen molar-refractivity contribution >= 4 is 0 Å². The normalized spacial score (nSPS) is 10.3. The number of benzene rings is 1. The maximum absolute atomic E-state index is 13.1. The molecular formula is C13H18FO. The van der Waals surface area contributed by atoms with Crippen LogP contribution in [-0.2, 0) is 0 Å². The Morgan fingerprint density at radius 2 is 2.07 bits per heavy atom. The topological polar surface area (TPSA) is 9.23 Å². The molecule has 0 heterocycles. The van der Waals surface area contributed by atoms with E-state index in [1.165, 1.54) is 25.3 Å². The predicted octanol–water partition coefficient (Wildman–Crippen LogP) is 3.98. The Morgan fingerprint density at radius 3 is 2.80 bits per heavy atom. The quantitative estimate of drug-likeness (QED) is 0.617. The van der Waals surface area contributed by atoms with E-state index >= 15 is 0 Å². The summed E-state index contributed by atoms with van der Waals surface area (Å²) in [6.45, 7) is 2.78. The Bertz CT molecular complexity index is 273. The molecule has 0 aliphatic rings. The minimum atomic E-state index is -0.303. The van der Waals surface area contributed by atoms with Gasteiger partial charge in [0, 0.05) is 0 Å². The highest BCUT2D eigenvalue weighted by molar-refractivity contribution is 5.22. The van der Waals surface area contributed by atoms with E-state index in [1.54, 1.807) is 12.1 Å². The molecule has 0 unspecified atom stereocenters. The van der Waals surface area contributed by atoms with Gasteiger partial charge in [0.15, 0.2) is 11.6 Å². The van der Waals surface area contributed by atoms with Crippen LogP contribution in [0.5, 0.6) is 5.75 Å². The number of hydrogen-bond acceptors (Lipinski definition) is 1. The van der Waals surface area contributed by atoms with Gasteiger partial charge in [-0.25, -0.2) is 4.39 Å². The van der Waals surface area contributed by atoms with E-state index in [4.69, 9.17) is 4.74 Å². The Labute approximate surface area is 91.3 Å². The largest absolute Gasteiger partial charge is 0.490 e. The molecule has 0 saturated heterocycles. The van der Waals surface area contributed by atoms with Gasteiger partial charge in [0.2, 0.25) is 0 Å². The molecule has 15 heavy (non-hydrogen) atoms. The lowest BCUT2D eigenvalue weighted by molar-refractivity contribution is 0.290. The van der Waals surface area contributed by atoms with Gasteiger partial charge in [0.25, 0.3) is 0 Å². The fraction of sp³-hybridized carbons (Fsp3) is 0.538. The summed E-state index contributed by atoms with van der Waals surface area (Å²) in [4.78, 5) is 0. The molecule has 0 aromatic heterocycles. The average Bonchev–Trinajstić information content (AvgIpc) is 2.25. The van der Waals surface area contributed by atoms with Crippen LogP contribution in [0, 0.1) is 11.9 Å². The maximum atomic E-state index is 13.1. The van der Waals surface area contributed by atoms with Gasteiger partial charge in [-0.1, -0.05) is 38.7 Å². The summed E-state index contributed by atoms with van der Waals surface area (Å²) in [5, 5.41) is 0. The molecule has 0 N–H and O–H groups in total. The summed E-state index contributed by atoms with van der Waals surface area (Å²) >= 11 is 0. The van der Waals surface area contributed by atoms with Gasteiger partial charge in [-0.2, -0.15) is 0 Å². The first kappa shape index (κ1) is 12.0. The molecule has 0 amide bonds. The fourth-order valence-corrected chi connectivity index (χ4v) is 1.39. The van der Waals surface area contributed by atoms with Crippen molar-refractivity contribution in [3.8, 4) is 5.75 Å². The van der Waals surface area contributed by atoms with Gasteiger partial charge in [0.1, 0.15) is 0 Å².